The Morgan fingerprint density at radius 2 is 2.50 bits per heavy atom. The smallest absolute Gasteiger partial charge is 0.407 e. The fraction of sp³-hybridized carbons (Fsp3) is 0.500. The normalized spacial score (nSPS) is 21.4. The molecule has 2 rings (SSSR count). The minimum absolute atomic E-state index is 0.128. The zero-order chi connectivity index (χ0) is 10.1. The second-order valence-electron chi connectivity index (χ2n) is 3.42. The van der Waals surface area contributed by atoms with Gasteiger partial charge in [0.1, 0.15) is 0 Å². The summed E-state index contributed by atoms with van der Waals surface area (Å²) in [6, 6.07) is 0.128. The number of nitrogen functional groups attached to an aromatic ring is 1. The van der Waals surface area contributed by atoms with E-state index in [1.54, 1.807) is 17.1 Å². The average molecular weight is 196 g/mol. The molecule has 6 heteroatoms. The molecular formula is C8H12N4O2. The molecule has 0 spiro atoms. The Labute approximate surface area is 80.9 Å². The lowest BCUT2D eigenvalue weighted by molar-refractivity contribution is 0.154. The Morgan fingerprint density at radius 3 is 3.00 bits per heavy atom. The zero-order valence-corrected chi connectivity index (χ0v) is 7.63. The van der Waals surface area contributed by atoms with Crippen LogP contribution in [-0.4, -0.2) is 39.0 Å². The molecule has 2 heterocycles. The number of carbonyl (C=O) groups is 1. The molecule has 1 amide bonds. The molecule has 1 atom stereocenters. The molecule has 1 saturated heterocycles. The molecule has 0 bridgehead atoms. The number of hydrogen-bond acceptors (Lipinski definition) is 3. The van der Waals surface area contributed by atoms with Gasteiger partial charge in [0.05, 0.1) is 17.9 Å². The highest BCUT2D eigenvalue weighted by atomic mass is 16.4. The zero-order valence-electron chi connectivity index (χ0n) is 7.63. The summed E-state index contributed by atoms with van der Waals surface area (Å²) in [5, 5.41) is 12.8. The van der Waals surface area contributed by atoms with Crippen molar-refractivity contribution in [3.8, 4) is 0 Å². The number of nitrogens with zero attached hydrogens (tertiary/aromatic N) is 3. The van der Waals surface area contributed by atoms with Gasteiger partial charge in [-0.2, -0.15) is 5.10 Å². The largest absolute Gasteiger partial charge is 0.465 e. The molecule has 0 aromatic carbocycles. The number of anilines is 1. The van der Waals surface area contributed by atoms with E-state index in [-0.39, 0.29) is 6.04 Å². The molecule has 1 aliphatic rings. The molecular weight excluding hydrogens is 184 g/mol. The van der Waals surface area contributed by atoms with Crippen molar-refractivity contribution >= 4 is 11.8 Å². The van der Waals surface area contributed by atoms with Gasteiger partial charge in [0.15, 0.2) is 0 Å². The maximum atomic E-state index is 10.7. The van der Waals surface area contributed by atoms with Crippen molar-refractivity contribution in [3.05, 3.63) is 12.4 Å². The predicted octanol–water partition coefficient (Wildman–Crippen LogP) is 0.390. The number of carboxylic acid groups (broad SMARTS) is 1. The molecule has 0 radical (unpaired) electrons. The number of rotatable bonds is 1. The monoisotopic (exact) mass is 196 g/mol. The van der Waals surface area contributed by atoms with Crippen LogP contribution in [0.3, 0.4) is 0 Å². The Balaban J connectivity index is 2.05. The topological polar surface area (TPSA) is 84.4 Å². The van der Waals surface area contributed by atoms with Crippen LogP contribution in [0.1, 0.15) is 12.5 Å². The first kappa shape index (κ1) is 8.86. The number of hydrogen-bond donors (Lipinski definition) is 2. The van der Waals surface area contributed by atoms with E-state index in [1.807, 2.05) is 0 Å². The van der Waals surface area contributed by atoms with E-state index in [0.717, 1.165) is 6.42 Å². The van der Waals surface area contributed by atoms with E-state index in [2.05, 4.69) is 5.10 Å². The maximum Gasteiger partial charge on any atom is 0.407 e. The van der Waals surface area contributed by atoms with Gasteiger partial charge in [-0.05, 0) is 6.42 Å². The minimum Gasteiger partial charge on any atom is -0.465 e. The number of likely N-dealkylation sites (tertiary alicyclic amines) is 1. The second-order valence-corrected chi connectivity index (χ2v) is 3.42. The van der Waals surface area contributed by atoms with E-state index < -0.39 is 6.09 Å². The van der Waals surface area contributed by atoms with E-state index in [4.69, 9.17) is 10.8 Å². The third-order valence-corrected chi connectivity index (χ3v) is 2.43. The Morgan fingerprint density at radius 1 is 1.71 bits per heavy atom. The van der Waals surface area contributed by atoms with Crippen LogP contribution < -0.4 is 5.73 Å². The molecule has 1 aliphatic heterocycles. The van der Waals surface area contributed by atoms with Gasteiger partial charge in [-0.3, -0.25) is 4.68 Å². The molecule has 3 N–H and O–H groups in total. The van der Waals surface area contributed by atoms with E-state index >= 15 is 0 Å². The van der Waals surface area contributed by atoms with E-state index in [1.165, 1.54) is 4.90 Å². The van der Waals surface area contributed by atoms with Crippen molar-refractivity contribution in [2.75, 3.05) is 18.8 Å². The maximum absolute atomic E-state index is 10.7. The molecule has 76 valence electrons. The fourth-order valence-electron chi connectivity index (χ4n) is 1.68. The first-order valence-corrected chi connectivity index (χ1v) is 4.44. The van der Waals surface area contributed by atoms with Gasteiger partial charge in [0, 0.05) is 19.3 Å². The summed E-state index contributed by atoms with van der Waals surface area (Å²) in [5.41, 5.74) is 6.14. The molecule has 1 aromatic rings. The van der Waals surface area contributed by atoms with Crippen LogP contribution >= 0.6 is 0 Å². The van der Waals surface area contributed by atoms with Crippen molar-refractivity contribution < 1.29 is 9.90 Å². The minimum atomic E-state index is -0.868. The standard InChI is InChI=1S/C8H12N4O2/c9-6-3-10-12(4-6)7-1-2-11(5-7)8(13)14/h3-4,7H,1-2,5,9H2,(H,13,14)/t7-/m0/s1. The van der Waals surface area contributed by atoms with Crippen molar-refractivity contribution in [2.45, 2.75) is 12.5 Å². The highest BCUT2D eigenvalue weighted by molar-refractivity contribution is 5.65. The van der Waals surface area contributed by atoms with Gasteiger partial charge in [0.2, 0.25) is 0 Å². The fourth-order valence-corrected chi connectivity index (χ4v) is 1.68. The van der Waals surface area contributed by atoms with Gasteiger partial charge >= 0.3 is 6.09 Å². The van der Waals surface area contributed by atoms with Gasteiger partial charge in [-0.1, -0.05) is 0 Å². The Kier molecular flexibility index (Phi) is 2.03. The summed E-state index contributed by atoms with van der Waals surface area (Å²) in [5.74, 6) is 0. The molecule has 1 fully saturated rings. The molecule has 0 aliphatic carbocycles. The molecule has 6 nitrogen and oxygen atoms in total. The summed E-state index contributed by atoms with van der Waals surface area (Å²) in [6.45, 7) is 1.07. The second kappa shape index (κ2) is 3.21. The molecule has 0 unspecified atom stereocenters. The lowest BCUT2D eigenvalue weighted by Crippen LogP contribution is -2.27. The third-order valence-electron chi connectivity index (χ3n) is 2.43. The van der Waals surface area contributed by atoms with Crippen molar-refractivity contribution in [1.29, 1.82) is 0 Å². The van der Waals surface area contributed by atoms with Crippen LogP contribution in [0.15, 0.2) is 12.4 Å². The predicted molar refractivity (Wildman–Crippen MR) is 49.9 cm³/mol. The van der Waals surface area contributed by atoms with E-state index in [9.17, 15) is 4.79 Å². The first-order chi connectivity index (χ1) is 6.66. The van der Waals surface area contributed by atoms with E-state index in [0.29, 0.717) is 18.8 Å². The van der Waals surface area contributed by atoms with Gasteiger partial charge in [-0.15, -0.1) is 0 Å². The summed E-state index contributed by atoms with van der Waals surface area (Å²) < 4.78 is 1.73. The summed E-state index contributed by atoms with van der Waals surface area (Å²) in [6.07, 6.45) is 3.24. The van der Waals surface area contributed by atoms with Crippen molar-refractivity contribution in [1.82, 2.24) is 14.7 Å². The lowest BCUT2D eigenvalue weighted by atomic mass is 10.3. The van der Waals surface area contributed by atoms with Gasteiger partial charge in [0.25, 0.3) is 0 Å². The lowest BCUT2D eigenvalue weighted by Gasteiger charge is -2.12. The van der Waals surface area contributed by atoms with Crippen LogP contribution in [0.2, 0.25) is 0 Å². The van der Waals surface area contributed by atoms with Crippen molar-refractivity contribution in [2.24, 2.45) is 0 Å². The average Bonchev–Trinajstić information content (AvgIpc) is 2.70. The summed E-state index contributed by atoms with van der Waals surface area (Å²) in [4.78, 5) is 12.0. The van der Waals surface area contributed by atoms with Gasteiger partial charge in [-0.25, -0.2) is 4.79 Å². The highest BCUT2D eigenvalue weighted by Gasteiger charge is 2.27. The Bertz CT molecular complexity index is 349. The van der Waals surface area contributed by atoms with Crippen LogP contribution in [0.5, 0.6) is 0 Å². The van der Waals surface area contributed by atoms with Crippen molar-refractivity contribution in [3.63, 3.8) is 0 Å². The summed E-state index contributed by atoms with van der Waals surface area (Å²) >= 11 is 0. The Hall–Kier alpha value is -1.72. The number of amides is 1. The van der Waals surface area contributed by atoms with Crippen LogP contribution in [0.25, 0.3) is 0 Å². The first-order valence-electron chi connectivity index (χ1n) is 4.44. The molecule has 0 saturated carbocycles. The molecule has 14 heavy (non-hydrogen) atoms. The third kappa shape index (κ3) is 1.50. The number of nitrogens with two attached hydrogens (primary N) is 1. The molecule has 1 aromatic heterocycles. The SMILES string of the molecule is Nc1cnn([C@H]2CCN(C(=O)O)C2)c1. The quantitative estimate of drug-likeness (QED) is 0.680. The highest BCUT2D eigenvalue weighted by Crippen LogP contribution is 2.21. The number of aromatic nitrogens is 2. The van der Waals surface area contributed by atoms with Crippen LogP contribution in [-0.2, 0) is 0 Å². The summed E-state index contributed by atoms with van der Waals surface area (Å²) in [7, 11) is 0. The van der Waals surface area contributed by atoms with Crippen LogP contribution in [0, 0.1) is 0 Å². The van der Waals surface area contributed by atoms with Gasteiger partial charge < -0.3 is 15.7 Å². The van der Waals surface area contributed by atoms with Crippen LogP contribution in [0.4, 0.5) is 10.5 Å².